The molecule has 1 saturated heterocycles. The van der Waals surface area contributed by atoms with Crippen LogP contribution in [0.15, 0.2) is 0 Å². The molecule has 0 saturated carbocycles. The Labute approximate surface area is 122 Å². The molecule has 1 aromatic rings. The standard InChI is InChI=1S/C14H19N3O2S/c1-8(2)12(19)13-11(16)10(6-15)14(20-13)17-5-3-4-9(18)7-17/h8-9,18H,3-5,7,16H2,1-2H3. The summed E-state index contributed by atoms with van der Waals surface area (Å²) in [7, 11) is 0. The van der Waals surface area contributed by atoms with E-state index in [1.807, 2.05) is 18.7 Å². The Kier molecular flexibility index (Phi) is 4.31. The Hall–Kier alpha value is -1.58. The van der Waals surface area contributed by atoms with Crippen LogP contribution < -0.4 is 10.6 Å². The van der Waals surface area contributed by atoms with E-state index in [2.05, 4.69) is 6.07 Å². The zero-order valence-electron chi connectivity index (χ0n) is 11.7. The summed E-state index contributed by atoms with van der Waals surface area (Å²) < 4.78 is 0. The number of β-amino-alcohol motifs (C(OH)–C–C–N with tert-alkyl or cyclic N) is 1. The van der Waals surface area contributed by atoms with E-state index < -0.39 is 0 Å². The third-order valence-corrected chi connectivity index (χ3v) is 4.75. The fourth-order valence-corrected chi connectivity index (χ4v) is 3.64. The van der Waals surface area contributed by atoms with Crippen LogP contribution in [0.5, 0.6) is 0 Å². The SMILES string of the molecule is CC(C)C(=O)c1sc(N2CCCC(O)C2)c(C#N)c1N. The first-order valence-electron chi connectivity index (χ1n) is 6.75. The van der Waals surface area contributed by atoms with E-state index in [9.17, 15) is 15.2 Å². The van der Waals surface area contributed by atoms with Crippen LogP contribution >= 0.6 is 11.3 Å². The molecule has 1 unspecified atom stereocenters. The molecule has 5 nitrogen and oxygen atoms in total. The zero-order valence-corrected chi connectivity index (χ0v) is 12.5. The number of nitrogens with two attached hydrogens (primary N) is 1. The maximum absolute atomic E-state index is 12.1. The maximum atomic E-state index is 12.1. The third kappa shape index (κ3) is 2.65. The number of Topliss-reactive ketones (excluding diaryl/α,β-unsaturated/α-hetero) is 1. The van der Waals surface area contributed by atoms with Crippen molar-refractivity contribution < 1.29 is 9.90 Å². The average Bonchev–Trinajstić information content (AvgIpc) is 2.74. The van der Waals surface area contributed by atoms with E-state index in [1.165, 1.54) is 11.3 Å². The summed E-state index contributed by atoms with van der Waals surface area (Å²) in [6.07, 6.45) is 1.26. The lowest BCUT2D eigenvalue weighted by atomic mass is 10.1. The largest absolute Gasteiger partial charge is 0.396 e. The van der Waals surface area contributed by atoms with Gasteiger partial charge < -0.3 is 15.7 Å². The van der Waals surface area contributed by atoms with Gasteiger partial charge in [-0.2, -0.15) is 5.26 Å². The monoisotopic (exact) mass is 293 g/mol. The molecule has 1 aliphatic rings. The van der Waals surface area contributed by atoms with Crippen molar-refractivity contribution in [3.05, 3.63) is 10.4 Å². The maximum Gasteiger partial charge on any atom is 0.177 e. The molecule has 2 heterocycles. The zero-order chi connectivity index (χ0) is 14.9. The molecule has 0 amide bonds. The fraction of sp³-hybridized carbons (Fsp3) is 0.571. The Morgan fingerprint density at radius 2 is 2.30 bits per heavy atom. The molecule has 108 valence electrons. The molecule has 0 spiro atoms. The van der Waals surface area contributed by atoms with Crippen LogP contribution in [0.1, 0.15) is 41.9 Å². The molecule has 20 heavy (non-hydrogen) atoms. The number of anilines is 2. The molecule has 1 aromatic heterocycles. The van der Waals surface area contributed by atoms with Gasteiger partial charge in [0.05, 0.1) is 16.7 Å². The normalized spacial score (nSPS) is 19.1. The van der Waals surface area contributed by atoms with Crippen LogP contribution in [0.2, 0.25) is 0 Å². The van der Waals surface area contributed by atoms with Crippen LogP contribution in [-0.2, 0) is 0 Å². The number of hydrogen-bond donors (Lipinski definition) is 2. The third-order valence-electron chi connectivity index (χ3n) is 3.47. The summed E-state index contributed by atoms with van der Waals surface area (Å²) in [5.74, 6) is -0.185. The van der Waals surface area contributed by atoms with Crippen molar-refractivity contribution in [3.8, 4) is 6.07 Å². The van der Waals surface area contributed by atoms with Crippen LogP contribution in [0, 0.1) is 17.2 Å². The van der Waals surface area contributed by atoms with Gasteiger partial charge in [0.25, 0.3) is 0 Å². The van der Waals surface area contributed by atoms with Gasteiger partial charge in [0.15, 0.2) is 5.78 Å². The van der Waals surface area contributed by atoms with Crippen LogP contribution in [0.25, 0.3) is 0 Å². The minimum absolute atomic E-state index is 0.0344. The van der Waals surface area contributed by atoms with Crippen molar-refractivity contribution in [2.75, 3.05) is 23.7 Å². The second kappa shape index (κ2) is 5.81. The van der Waals surface area contributed by atoms with Gasteiger partial charge in [0.1, 0.15) is 16.6 Å². The molecular formula is C14H19N3O2S. The van der Waals surface area contributed by atoms with E-state index in [4.69, 9.17) is 5.73 Å². The molecular weight excluding hydrogens is 274 g/mol. The molecule has 1 fully saturated rings. The smallest absolute Gasteiger partial charge is 0.177 e. The van der Waals surface area contributed by atoms with Gasteiger partial charge in [-0.3, -0.25) is 4.79 Å². The molecule has 2 rings (SSSR count). The number of nitrogen functional groups attached to an aromatic ring is 1. The number of nitrogens with zero attached hydrogens (tertiary/aromatic N) is 2. The van der Waals surface area contributed by atoms with Crippen molar-refractivity contribution in [2.24, 2.45) is 5.92 Å². The van der Waals surface area contributed by atoms with Crippen molar-refractivity contribution in [2.45, 2.75) is 32.8 Å². The number of piperidine rings is 1. The van der Waals surface area contributed by atoms with Crippen molar-refractivity contribution in [1.29, 1.82) is 5.26 Å². The van der Waals surface area contributed by atoms with Gasteiger partial charge >= 0.3 is 0 Å². The van der Waals surface area contributed by atoms with E-state index in [0.717, 1.165) is 19.4 Å². The highest BCUT2D eigenvalue weighted by molar-refractivity contribution is 7.19. The van der Waals surface area contributed by atoms with Gasteiger partial charge in [0, 0.05) is 19.0 Å². The van der Waals surface area contributed by atoms with E-state index in [-0.39, 0.29) is 23.5 Å². The lowest BCUT2D eigenvalue weighted by molar-refractivity contribution is 0.0944. The number of thiophene rings is 1. The highest BCUT2D eigenvalue weighted by atomic mass is 32.1. The highest BCUT2D eigenvalue weighted by Crippen LogP contribution is 2.39. The van der Waals surface area contributed by atoms with Crippen LogP contribution in [-0.4, -0.2) is 30.1 Å². The molecule has 0 aliphatic carbocycles. The van der Waals surface area contributed by atoms with Gasteiger partial charge in [-0.1, -0.05) is 13.8 Å². The lowest BCUT2D eigenvalue weighted by Gasteiger charge is -2.30. The number of rotatable bonds is 3. The number of aliphatic hydroxyl groups is 1. The fourth-order valence-electron chi connectivity index (χ4n) is 2.35. The van der Waals surface area contributed by atoms with Gasteiger partial charge in [-0.05, 0) is 12.8 Å². The van der Waals surface area contributed by atoms with E-state index in [1.54, 1.807) is 0 Å². The second-order valence-electron chi connectivity index (χ2n) is 5.40. The number of carbonyl (C=O) groups excluding carboxylic acids is 1. The van der Waals surface area contributed by atoms with E-state index in [0.29, 0.717) is 22.0 Å². The topological polar surface area (TPSA) is 90.4 Å². The Morgan fingerprint density at radius 3 is 2.85 bits per heavy atom. The van der Waals surface area contributed by atoms with Crippen LogP contribution in [0.3, 0.4) is 0 Å². The van der Waals surface area contributed by atoms with Gasteiger partial charge in [-0.15, -0.1) is 11.3 Å². The van der Waals surface area contributed by atoms with E-state index >= 15 is 0 Å². The molecule has 0 bridgehead atoms. The number of ketones is 1. The van der Waals surface area contributed by atoms with Crippen molar-refractivity contribution >= 4 is 27.8 Å². The summed E-state index contributed by atoms with van der Waals surface area (Å²) in [5.41, 5.74) is 6.62. The summed E-state index contributed by atoms with van der Waals surface area (Å²) in [6.45, 7) is 4.90. The first-order chi connectivity index (χ1) is 9.45. The quantitative estimate of drug-likeness (QED) is 0.832. The first-order valence-corrected chi connectivity index (χ1v) is 7.57. The Bertz CT molecular complexity index is 560. The van der Waals surface area contributed by atoms with Gasteiger partial charge in [0.2, 0.25) is 0 Å². The summed E-state index contributed by atoms with van der Waals surface area (Å²) in [4.78, 5) is 14.6. The average molecular weight is 293 g/mol. The lowest BCUT2D eigenvalue weighted by Crippen LogP contribution is -2.38. The molecule has 3 N–H and O–H groups in total. The molecule has 6 heteroatoms. The molecule has 0 radical (unpaired) electrons. The number of aliphatic hydroxyl groups excluding tert-OH is 1. The number of carbonyl (C=O) groups is 1. The summed E-state index contributed by atoms with van der Waals surface area (Å²) >= 11 is 1.27. The predicted molar refractivity (Wildman–Crippen MR) is 80.1 cm³/mol. The predicted octanol–water partition coefficient (Wildman–Crippen LogP) is 2.00. The van der Waals surface area contributed by atoms with Crippen molar-refractivity contribution in [1.82, 2.24) is 0 Å². The van der Waals surface area contributed by atoms with Gasteiger partial charge in [-0.25, -0.2) is 0 Å². The molecule has 0 aromatic carbocycles. The highest BCUT2D eigenvalue weighted by Gasteiger charge is 2.27. The molecule has 1 atom stereocenters. The number of nitriles is 1. The Morgan fingerprint density at radius 1 is 1.60 bits per heavy atom. The number of hydrogen-bond acceptors (Lipinski definition) is 6. The first kappa shape index (κ1) is 14.8. The van der Waals surface area contributed by atoms with Crippen molar-refractivity contribution in [3.63, 3.8) is 0 Å². The Balaban J connectivity index is 2.41. The second-order valence-corrected chi connectivity index (χ2v) is 6.40. The van der Waals surface area contributed by atoms with Crippen LogP contribution in [0.4, 0.5) is 10.7 Å². The minimum Gasteiger partial charge on any atom is -0.396 e. The summed E-state index contributed by atoms with van der Waals surface area (Å²) in [5, 5.41) is 19.8. The minimum atomic E-state index is -0.386. The summed E-state index contributed by atoms with van der Waals surface area (Å²) in [6, 6.07) is 2.10. The molecule has 1 aliphatic heterocycles.